The fourth-order valence-corrected chi connectivity index (χ4v) is 2.28. The Morgan fingerprint density at radius 3 is 2.52 bits per heavy atom. The molecule has 0 saturated heterocycles. The molecule has 0 fully saturated rings. The molecule has 2 N–H and O–H groups in total. The van der Waals surface area contributed by atoms with E-state index in [1.165, 1.54) is 7.11 Å². The summed E-state index contributed by atoms with van der Waals surface area (Å²) in [7, 11) is 1.35. The summed E-state index contributed by atoms with van der Waals surface area (Å²) in [6.45, 7) is 1.94. The van der Waals surface area contributed by atoms with Crippen LogP contribution in [0.5, 0.6) is 5.75 Å². The highest BCUT2D eigenvalue weighted by Gasteiger charge is 2.04. The molecule has 0 bridgehead atoms. The van der Waals surface area contributed by atoms with Gasteiger partial charge in [0.1, 0.15) is 18.1 Å². The van der Waals surface area contributed by atoms with Crippen LogP contribution in [0.3, 0.4) is 0 Å². The predicted octanol–water partition coefficient (Wildman–Crippen LogP) is 2.28. The minimum absolute atomic E-state index is 0.162. The van der Waals surface area contributed by atoms with Crippen molar-refractivity contribution in [3.63, 3.8) is 0 Å². The standard InChI is InChI=1S/C20H19N5O4/c1-13-18(26)22-20(25-23-13)24-21-11-14-5-9-17(10-6-14)29-12-15-3-7-16(8-4-15)19(27)28-2/h3-11H,12H2,1-2H3,(H2,22,24,25,26). The van der Waals surface area contributed by atoms with Gasteiger partial charge in [-0.2, -0.15) is 5.10 Å². The maximum atomic E-state index is 11.5. The number of rotatable bonds is 7. The zero-order chi connectivity index (χ0) is 20.6. The van der Waals surface area contributed by atoms with Crippen LogP contribution in [0.2, 0.25) is 0 Å². The number of aromatic amines is 1. The second kappa shape index (κ2) is 9.27. The quantitative estimate of drug-likeness (QED) is 0.359. The van der Waals surface area contributed by atoms with Crippen molar-refractivity contribution in [2.45, 2.75) is 13.5 Å². The van der Waals surface area contributed by atoms with Crippen molar-refractivity contribution < 1.29 is 14.3 Å². The number of hydrogen-bond acceptors (Lipinski definition) is 8. The van der Waals surface area contributed by atoms with E-state index < -0.39 is 0 Å². The molecular weight excluding hydrogens is 374 g/mol. The second-order valence-corrected chi connectivity index (χ2v) is 6.00. The van der Waals surface area contributed by atoms with Gasteiger partial charge >= 0.3 is 5.97 Å². The number of anilines is 1. The van der Waals surface area contributed by atoms with E-state index in [0.717, 1.165) is 11.1 Å². The van der Waals surface area contributed by atoms with Crippen molar-refractivity contribution in [2.24, 2.45) is 5.10 Å². The Morgan fingerprint density at radius 2 is 1.86 bits per heavy atom. The zero-order valence-corrected chi connectivity index (χ0v) is 15.9. The number of aromatic nitrogens is 3. The van der Waals surface area contributed by atoms with Crippen LogP contribution >= 0.6 is 0 Å². The lowest BCUT2D eigenvalue weighted by atomic mass is 10.1. The second-order valence-electron chi connectivity index (χ2n) is 6.00. The highest BCUT2D eigenvalue weighted by molar-refractivity contribution is 5.89. The number of benzene rings is 2. The fraction of sp³-hybridized carbons (Fsp3) is 0.150. The molecule has 0 unspecified atom stereocenters. The van der Waals surface area contributed by atoms with Crippen molar-refractivity contribution in [1.29, 1.82) is 0 Å². The Balaban J connectivity index is 1.52. The number of methoxy groups -OCH3 is 1. The molecule has 0 radical (unpaired) electrons. The molecule has 9 nitrogen and oxygen atoms in total. The summed E-state index contributed by atoms with van der Waals surface area (Å²) in [5.74, 6) is 0.487. The van der Waals surface area contributed by atoms with Gasteiger partial charge in [0.05, 0.1) is 18.9 Å². The number of H-pyrrole nitrogens is 1. The molecule has 0 saturated carbocycles. The van der Waals surface area contributed by atoms with Crippen LogP contribution in [0.15, 0.2) is 58.4 Å². The first-order valence-electron chi connectivity index (χ1n) is 8.68. The number of aryl methyl sites for hydroxylation is 1. The molecule has 3 aromatic rings. The lowest BCUT2D eigenvalue weighted by molar-refractivity contribution is 0.0600. The van der Waals surface area contributed by atoms with Gasteiger partial charge in [0.25, 0.3) is 5.56 Å². The third-order valence-corrected chi connectivity index (χ3v) is 3.91. The van der Waals surface area contributed by atoms with Crippen LogP contribution in [0.4, 0.5) is 5.95 Å². The molecular formula is C20H19N5O4. The summed E-state index contributed by atoms with van der Waals surface area (Å²) in [6, 6.07) is 14.3. The van der Waals surface area contributed by atoms with Gasteiger partial charge in [0.2, 0.25) is 5.95 Å². The fourth-order valence-electron chi connectivity index (χ4n) is 2.28. The molecule has 29 heavy (non-hydrogen) atoms. The van der Waals surface area contributed by atoms with Gasteiger partial charge in [-0.25, -0.2) is 10.2 Å². The molecule has 3 rings (SSSR count). The van der Waals surface area contributed by atoms with Gasteiger partial charge in [-0.15, -0.1) is 10.2 Å². The van der Waals surface area contributed by atoms with Crippen LogP contribution in [-0.4, -0.2) is 34.5 Å². The van der Waals surface area contributed by atoms with Gasteiger partial charge in [-0.05, 0) is 54.4 Å². The Bertz CT molecular complexity index is 1060. The lowest BCUT2D eigenvalue weighted by Gasteiger charge is -2.07. The van der Waals surface area contributed by atoms with E-state index in [9.17, 15) is 9.59 Å². The summed E-state index contributed by atoms with van der Waals surface area (Å²) >= 11 is 0. The first-order valence-corrected chi connectivity index (χ1v) is 8.68. The zero-order valence-electron chi connectivity index (χ0n) is 15.9. The Morgan fingerprint density at radius 1 is 1.14 bits per heavy atom. The third-order valence-electron chi connectivity index (χ3n) is 3.91. The highest BCUT2D eigenvalue weighted by atomic mass is 16.5. The first-order chi connectivity index (χ1) is 14.0. The maximum Gasteiger partial charge on any atom is 0.337 e. The van der Waals surface area contributed by atoms with E-state index in [1.54, 1.807) is 25.3 Å². The third kappa shape index (κ3) is 5.48. The molecule has 1 heterocycles. The number of carbonyl (C=O) groups is 1. The van der Waals surface area contributed by atoms with E-state index in [1.807, 2.05) is 36.4 Å². The summed E-state index contributed by atoms with van der Waals surface area (Å²) < 4.78 is 10.4. The topological polar surface area (TPSA) is 119 Å². The van der Waals surface area contributed by atoms with Crippen molar-refractivity contribution in [3.8, 4) is 5.75 Å². The van der Waals surface area contributed by atoms with E-state index in [0.29, 0.717) is 17.9 Å². The van der Waals surface area contributed by atoms with Crippen molar-refractivity contribution in [2.75, 3.05) is 12.5 Å². The van der Waals surface area contributed by atoms with Crippen molar-refractivity contribution in [1.82, 2.24) is 15.2 Å². The molecule has 0 amide bonds. The number of ether oxygens (including phenoxy) is 2. The number of nitrogens with one attached hydrogen (secondary N) is 2. The smallest absolute Gasteiger partial charge is 0.337 e. The summed E-state index contributed by atoms with van der Waals surface area (Å²) in [4.78, 5) is 25.4. The van der Waals surface area contributed by atoms with E-state index in [4.69, 9.17) is 4.74 Å². The van der Waals surface area contributed by atoms with Crippen LogP contribution < -0.4 is 15.7 Å². The van der Waals surface area contributed by atoms with Gasteiger partial charge in [-0.1, -0.05) is 12.1 Å². The minimum Gasteiger partial charge on any atom is -0.489 e. The van der Waals surface area contributed by atoms with E-state index >= 15 is 0 Å². The number of carbonyl (C=O) groups excluding carboxylic acids is 1. The average Bonchev–Trinajstić information content (AvgIpc) is 2.75. The van der Waals surface area contributed by atoms with Gasteiger partial charge in [0, 0.05) is 0 Å². The number of nitrogens with zero attached hydrogens (tertiary/aromatic N) is 3. The Hall–Kier alpha value is -4.01. The first kappa shape index (κ1) is 19.7. The molecule has 148 valence electrons. The van der Waals surface area contributed by atoms with Crippen molar-refractivity contribution in [3.05, 3.63) is 81.3 Å². The number of hydrazone groups is 1. The van der Waals surface area contributed by atoms with E-state index in [2.05, 4.69) is 30.4 Å². The highest BCUT2D eigenvalue weighted by Crippen LogP contribution is 2.14. The van der Waals surface area contributed by atoms with Gasteiger partial charge in [-0.3, -0.25) is 9.78 Å². The molecule has 2 aromatic carbocycles. The van der Waals surface area contributed by atoms with E-state index in [-0.39, 0.29) is 23.2 Å². The number of esters is 1. The Kier molecular flexibility index (Phi) is 6.31. The van der Waals surface area contributed by atoms with Crippen molar-refractivity contribution >= 4 is 18.1 Å². The molecule has 1 aromatic heterocycles. The molecule has 0 aliphatic carbocycles. The average molecular weight is 393 g/mol. The lowest BCUT2D eigenvalue weighted by Crippen LogP contribution is -2.15. The van der Waals surface area contributed by atoms with Crippen LogP contribution in [0, 0.1) is 6.92 Å². The summed E-state index contributed by atoms with van der Waals surface area (Å²) in [5.41, 5.74) is 4.84. The largest absolute Gasteiger partial charge is 0.489 e. The number of hydrogen-bond donors (Lipinski definition) is 2. The predicted molar refractivity (Wildman–Crippen MR) is 107 cm³/mol. The normalized spacial score (nSPS) is 10.7. The summed E-state index contributed by atoms with van der Waals surface area (Å²) in [6.07, 6.45) is 1.58. The molecule has 9 heteroatoms. The SMILES string of the molecule is COC(=O)c1ccc(COc2ccc(C=NNc3nnc(C)c(=O)[nH]3)cc2)cc1. The molecule has 0 atom stereocenters. The molecule has 0 spiro atoms. The monoisotopic (exact) mass is 393 g/mol. The minimum atomic E-state index is -0.370. The van der Waals surface area contributed by atoms with Gasteiger partial charge in [0.15, 0.2) is 0 Å². The molecule has 0 aliphatic heterocycles. The maximum absolute atomic E-state index is 11.5. The summed E-state index contributed by atoms with van der Waals surface area (Å²) in [5, 5.41) is 11.5. The van der Waals surface area contributed by atoms with Gasteiger partial charge < -0.3 is 9.47 Å². The van der Waals surface area contributed by atoms with Crippen LogP contribution in [0.25, 0.3) is 0 Å². The molecule has 0 aliphatic rings. The van der Waals surface area contributed by atoms with Crippen LogP contribution in [-0.2, 0) is 11.3 Å². The van der Waals surface area contributed by atoms with Crippen LogP contribution in [0.1, 0.15) is 27.2 Å². The Labute approximate surface area is 166 Å².